The first-order chi connectivity index (χ1) is 14.5. The van der Waals surface area contributed by atoms with Crippen molar-refractivity contribution in [2.75, 3.05) is 7.11 Å². The second-order valence-electron chi connectivity index (χ2n) is 7.36. The van der Waals surface area contributed by atoms with Crippen molar-refractivity contribution in [2.45, 2.75) is 19.5 Å². The van der Waals surface area contributed by atoms with E-state index in [1.165, 1.54) is 12.1 Å². The van der Waals surface area contributed by atoms with Crippen LogP contribution in [0.1, 0.15) is 28.3 Å². The molecule has 0 saturated carbocycles. The molecule has 1 aliphatic heterocycles. The lowest BCUT2D eigenvalue weighted by Gasteiger charge is -2.27. The van der Waals surface area contributed by atoms with Gasteiger partial charge < -0.3 is 14.7 Å². The molecule has 1 atom stereocenters. The van der Waals surface area contributed by atoms with Crippen molar-refractivity contribution in [1.29, 1.82) is 0 Å². The minimum atomic E-state index is -0.534. The molecule has 3 aromatic carbocycles. The average Bonchev–Trinajstić information content (AvgIpc) is 3.01. The molecule has 4 rings (SSSR count). The number of nitrogens with zero attached hydrogens (tertiary/aromatic N) is 1. The van der Waals surface area contributed by atoms with Crippen molar-refractivity contribution in [1.82, 2.24) is 4.90 Å². The van der Waals surface area contributed by atoms with Gasteiger partial charge in [-0.05, 0) is 47.9 Å². The summed E-state index contributed by atoms with van der Waals surface area (Å²) < 4.78 is 18.8. The first-order valence-electron chi connectivity index (χ1n) is 9.67. The second kappa shape index (κ2) is 8.03. The number of hydrogen-bond donors (Lipinski definition) is 1. The van der Waals surface area contributed by atoms with E-state index >= 15 is 0 Å². The minimum Gasteiger partial charge on any atom is -0.503 e. The Labute approximate surface area is 174 Å². The highest BCUT2D eigenvalue weighted by molar-refractivity contribution is 6.05. The third kappa shape index (κ3) is 3.66. The number of aliphatic hydroxyl groups is 1. The Hall–Kier alpha value is -3.60. The number of benzene rings is 3. The van der Waals surface area contributed by atoms with Crippen molar-refractivity contribution in [3.8, 4) is 5.75 Å². The summed E-state index contributed by atoms with van der Waals surface area (Å²) in [7, 11) is 1.58. The summed E-state index contributed by atoms with van der Waals surface area (Å²) in [5, 5.41) is 10.8. The number of carbonyl (C=O) groups excluding carboxylic acids is 1. The van der Waals surface area contributed by atoms with Crippen molar-refractivity contribution < 1.29 is 19.0 Å². The maximum atomic E-state index is 13.6. The molecule has 0 unspecified atom stereocenters. The predicted octanol–water partition coefficient (Wildman–Crippen LogP) is 5.20. The Morgan fingerprint density at radius 1 is 0.967 bits per heavy atom. The van der Waals surface area contributed by atoms with Gasteiger partial charge in [-0.2, -0.15) is 0 Å². The van der Waals surface area contributed by atoms with Crippen molar-refractivity contribution >= 4 is 11.5 Å². The van der Waals surface area contributed by atoms with Crippen LogP contribution in [0, 0.1) is 12.7 Å². The number of rotatable bonds is 5. The lowest BCUT2D eigenvalue weighted by Crippen LogP contribution is -2.29. The fraction of sp³-hybridized carbons (Fsp3) is 0.160. The molecule has 1 aliphatic rings. The molecule has 152 valence electrons. The first-order valence-corrected chi connectivity index (χ1v) is 9.67. The number of amides is 1. The van der Waals surface area contributed by atoms with Gasteiger partial charge in [0.25, 0.3) is 5.91 Å². The van der Waals surface area contributed by atoms with Gasteiger partial charge >= 0.3 is 0 Å². The molecule has 1 N–H and O–H groups in total. The zero-order chi connectivity index (χ0) is 21.3. The number of hydrogen-bond acceptors (Lipinski definition) is 3. The van der Waals surface area contributed by atoms with Gasteiger partial charge in [-0.1, -0.05) is 54.1 Å². The van der Waals surface area contributed by atoms with E-state index in [0.717, 1.165) is 16.7 Å². The monoisotopic (exact) mass is 403 g/mol. The highest BCUT2D eigenvalue weighted by atomic mass is 19.1. The molecule has 5 heteroatoms. The summed E-state index contributed by atoms with van der Waals surface area (Å²) in [6, 6.07) is 20.6. The SMILES string of the molecule is COc1ccc(C2=C(O)C(=O)N(Cc3ccc(C)cc3)[C@H]2c2ccc(F)cc2)cc1. The van der Waals surface area contributed by atoms with Crippen LogP contribution in [0.5, 0.6) is 5.75 Å². The zero-order valence-corrected chi connectivity index (χ0v) is 16.8. The standard InChI is InChI=1S/C25H22FNO3/c1-16-3-5-17(6-4-16)15-27-23(19-7-11-20(26)12-8-19)22(24(28)25(27)29)18-9-13-21(30-2)14-10-18/h3-14,23,28H,15H2,1-2H3/t23-/m0/s1. The van der Waals surface area contributed by atoms with E-state index < -0.39 is 11.9 Å². The molecular weight excluding hydrogens is 381 g/mol. The Kier molecular flexibility index (Phi) is 5.27. The lowest BCUT2D eigenvalue weighted by molar-refractivity contribution is -0.130. The number of halogens is 1. The predicted molar refractivity (Wildman–Crippen MR) is 113 cm³/mol. The summed E-state index contributed by atoms with van der Waals surface area (Å²) >= 11 is 0. The van der Waals surface area contributed by atoms with E-state index in [-0.39, 0.29) is 11.6 Å². The van der Waals surface area contributed by atoms with Gasteiger partial charge in [-0.15, -0.1) is 0 Å². The van der Waals surface area contributed by atoms with Crippen LogP contribution in [-0.2, 0) is 11.3 Å². The second-order valence-corrected chi connectivity index (χ2v) is 7.36. The highest BCUT2D eigenvalue weighted by Gasteiger charge is 2.41. The van der Waals surface area contributed by atoms with Crippen molar-refractivity contribution in [2.24, 2.45) is 0 Å². The Bertz CT molecular complexity index is 1090. The van der Waals surface area contributed by atoms with Gasteiger partial charge in [0.1, 0.15) is 11.6 Å². The first kappa shape index (κ1) is 19.7. The molecule has 0 aliphatic carbocycles. The maximum Gasteiger partial charge on any atom is 0.290 e. The van der Waals surface area contributed by atoms with Crippen LogP contribution in [0.3, 0.4) is 0 Å². The molecule has 0 spiro atoms. The normalized spacial score (nSPS) is 16.3. The van der Waals surface area contributed by atoms with E-state index in [1.54, 1.807) is 36.3 Å². The van der Waals surface area contributed by atoms with Crippen molar-refractivity contribution in [3.05, 3.63) is 107 Å². The van der Waals surface area contributed by atoms with E-state index in [1.807, 2.05) is 43.3 Å². The number of carbonyl (C=O) groups is 1. The molecular formula is C25H22FNO3. The smallest absolute Gasteiger partial charge is 0.290 e. The molecule has 0 fully saturated rings. The number of ether oxygens (including phenoxy) is 1. The van der Waals surface area contributed by atoms with Gasteiger partial charge in [0, 0.05) is 12.1 Å². The van der Waals surface area contributed by atoms with Crippen LogP contribution in [0.25, 0.3) is 5.57 Å². The van der Waals surface area contributed by atoms with E-state index in [0.29, 0.717) is 23.4 Å². The molecule has 1 heterocycles. The third-order valence-corrected chi connectivity index (χ3v) is 5.36. The molecule has 0 saturated heterocycles. The van der Waals surface area contributed by atoms with E-state index in [4.69, 9.17) is 4.74 Å². The number of aryl methyl sites for hydroxylation is 1. The summed E-state index contributed by atoms with van der Waals surface area (Å²) in [5.74, 6) is -0.414. The molecule has 0 aromatic heterocycles. The van der Waals surface area contributed by atoms with Gasteiger partial charge in [-0.3, -0.25) is 4.79 Å². The van der Waals surface area contributed by atoms with Crippen LogP contribution in [0.4, 0.5) is 4.39 Å². The van der Waals surface area contributed by atoms with Gasteiger partial charge in [-0.25, -0.2) is 4.39 Å². The van der Waals surface area contributed by atoms with Crippen LogP contribution in [0.2, 0.25) is 0 Å². The molecule has 4 nitrogen and oxygen atoms in total. The number of aliphatic hydroxyl groups excluding tert-OH is 1. The Morgan fingerprint density at radius 3 is 2.20 bits per heavy atom. The van der Waals surface area contributed by atoms with Crippen LogP contribution >= 0.6 is 0 Å². The average molecular weight is 403 g/mol. The van der Waals surface area contributed by atoms with Gasteiger partial charge in [0.2, 0.25) is 0 Å². The van der Waals surface area contributed by atoms with E-state index in [2.05, 4.69) is 0 Å². The fourth-order valence-corrected chi connectivity index (χ4v) is 3.76. The Morgan fingerprint density at radius 2 is 1.60 bits per heavy atom. The summed E-state index contributed by atoms with van der Waals surface area (Å²) in [6.07, 6.45) is 0. The summed E-state index contributed by atoms with van der Waals surface area (Å²) in [5.41, 5.74) is 4.02. The number of methoxy groups -OCH3 is 1. The van der Waals surface area contributed by atoms with Crippen LogP contribution in [-0.4, -0.2) is 23.0 Å². The van der Waals surface area contributed by atoms with Crippen molar-refractivity contribution in [3.63, 3.8) is 0 Å². The summed E-state index contributed by atoms with van der Waals surface area (Å²) in [4.78, 5) is 14.7. The molecule has 0 radical (unpaired) electrons. The molecule has 30 heavy (non-hydrogen) atoms. The maximum absolute atomic E-state index is 13.6. The third-order valence-electron chi connectivity index (χ3n) is 5.36. The van der Waals surface area contributed by atoms with Crippen LogP contribution < -0.4 is 4.74 Å². The minimum absolute atomic E-state index is 0.290. The van der Waals surface area contributed by atoms with Crippen LogP contribution in [0.15, 0.2) is 78.6 Å². The molecule has 0 bridgehead atoms. The highest BCUT2D eigenvalue weighted by Crippen LogP contribution is 2.44. The summed E-state index contributed by atoms with van der Waals surface area (Å²) in [6.45, 7) is 2.33. The van der Waals surface area contributed by atoms with E-state index in [9.17, 15) is 14.3 Å². The molecule has 3 aromatic rings. The topological polar surface area (TPSA) is 49.8 Å². The van der Waals surface area contributed by atoms with Gasteiger partial charge in [0.05, 0.1) is 13.2 Å². The van der Waals surface area contributed by atoms with Gasteiger partial charge in [0.15, 0.2) is 5.76 Å². The molecule has 1 amide bonds. The quantitative estimate of drug-likeness (QED) is 0.637. The largest absolute Gasteiger partial charge is 0.503 e. The fourth-order valence-electron chi connectivity index (χ4n) is 3.76. The Balaban J connectivity index is 1.79. The zero-order valence-electron chi connectivity index (χ0n) is 16.8. The lowest BCUT2D eigenvalue weighted by atomic mass is 9.93.